The third-order valence-corrected chi connectivity index (χ3v) is 6.97. The van der Waals surface area contributed by atoms with E-state index in [0.717, 1.165) is 0 Å². The predicted octanol–water partition coefficient (Wildman–Crippen LogP) is -3.34. The largest absolute Gasteiger partial charge is 0.379 e. The summed E-state index contributed by atoms with van der Waals surface area (Å²) < 4.78 is 10.7. The van der Waals surface area contributed by atoms with Crippen LogP contribution in [0.25, 0.3) is 0 Å². The quantitative estimate of drug-likeness (QED) is 0.404. The summed E-state index contributed by atoms with van der Waals surface area (Å²) in [6, 6.07) is -1.51. The van der Waals surface area contributed by atoms with Gasteiger partial charge in [-0.3, -0.25) is 48.6 Å². The highest BCUT2D eigenvalue weighted by molar-refractivity contribution is 6.08. The summed E-state index contributed by atoms with van der Waals surface area (Å²) in [5.74, 6) is -1.18. The van der Waals surface area contributed by atoms with Crippen LogP contribution >= 0.6 is 0 Å². The topological polar surface area (TPSA) is 106 Å². The summed E-state index contributed by atoms with van der Waals surface area (Å²) in [6.45, 7) is 6.49. The van der Waals surface area contributed by atoms with Crippen molar-refractivity contribution in [3.63, 3.8) is 0 Å². The van der Waals surface area contributed by atoms with Gasteiger partial charge in [0.15, 0.2) is 0 Å². The van der Waals surface area contributed by atoms with Gasteiger partial charge in [-0.25, -0.2) is 0 Å². The first-order valence-corrected chi connectivity index (χ1v) is 11.3. The second-order valence-electron chi connectivity index (χ2n) is 8.89. The molecule has 0 aromatic carbocycles. The van der Waals surface area contributed by atoms with Gasteiger partial charge in [0, 0.05) is 39.3 Å². The van der Waals surface area contributed by atoms with E-state index in [4.69, 9.17) is 9.47 Å². The summed E-state index contributed by atoms with van der Waals surface area (Å²) in [4.78, 5) is 62.8. The average Bonchev–Trinajstić information content (AvgIpc) is 2.80. The van der Waals surface area contributed by atoms with Gasteiger partial charge in [-0.15, -0.1) is 0 Å². The van der Waals surface area contributed by atoms with Gasteiger partial charge in [0.1, 0.15) is 12.1 Å². The van der Waals surface area contributed by atoms with Crippen LogP contribution in [-0.4, -0.2) is 157 Å². The summed E-state index contributed by atoms with van der Waals surface area (Å²) >= 11 is 0. The number of rotatable bonds is 4. The molecule has 4 amide bonds. The second-order valence-corrected chi connectivity index (χ2v) is 8.89. The number of morpholine rings is 2. The second kappa shape index (κ2) is 9.12. The van der Waals surface area contributed by atoms with Crippen LogP contribution in [0.1, 0.15) is 0 Å². The number of piperazine rings is 3. The molecule has 0 radical (unpaired) electrons. The van der Waals surface area contributed by atoms with E-state index in [1.807, 2.05) is 19.6 Å². The van der Waals surface area contributed by atoms with E-state index >= 15 is 0 Å². The molecule has 0 aromatic rings. The molecule has 1 unspecified atom stereocenters. The minimum absolute atomic E-state index is 0.107. The van der Waals surface area contributed by atoms with E-state index < -0.39 is 12.1 Å². The molecule has 32 heavy (non-hydrogen) atoms. The Kier molecular flexibility index (Phi) is 6.23. The fourth-order valence-electron chi connectivity index (χ4n) is 5.14. The van der Waals surface area contributed by atoms with Crippen molar-refractivity contribution >= 4 is 23.6 Å². The number of ether oxygens (including phenoxy) is 2. The Hall–Kier alpha value is -1.96. The lowest BCUT2D eigenvalue weighted by Gasteiger charge is -2.52. The van der Waals surface area contributed by atoms with Crippen molar-refractivity contribution in [2.75, 3.05) is 92.1 Å². The van der Waals surface area contributed by atoms with Gasteiger partial charge in [-0.05, 0) is 0 Å². The van der Waals surface area contributed by atoms with E-state index in [2.05, 4.69) is 0 Å². The predicted molar refractivity (Wildman–Crippen MR) is 109 cm³/mol. The average molecular weight is 450 g/mol. The minimum atomic E-state index is -0.754. The van der Waals surface area contributed by atoms with E-state index in [0.29, 0.717) is 65.7 Å². The third-order valence-electron chi connectivity index (χ3n) is 6.97. The number of carbonyl (C=O) groups is 4. The lowest BCUT2D eigenvalue weighted by Crippen LogP contribution is -2.76. The standard InChI is InChI=1S/C20H30N6O6/c27-15-11-23-1-2-24-12-16(28)26(14-22-5-9-32-10-6-22)20(30)18(24)17(23)19(29)25(15)13-21-3-7-31-8-4-21/h17-18H,1-14H2/t17-,18?/m1/s1. The molecule has 0 aromatic heterocycles. The van der Waals surface area contributed by atoms with Crippen LogP contribution in [0.4, 0.5) is 0 Å². The first-order valence-electron chi connectivity index (χ1n) is 11.3. The van der Waals surface area contributed by atoms with Crippen LogP contribution in [0.2, 0.25) is 0 Å². The molecule has 5 heterocycles. The highest BCUT2D eigenvalue weighted by Gasteiger charge is 2.55. The van der Waals surface area contributed by atoms with Crippen LogP contribution in [0.15, 0.2) is 0 Å². The lowest BCUT2D eigenvalue weighted by atomic mass is 9.94. The molecule has 0 N–H and O–H groups in total. The van der Waals surface area contributed by atoms with Crippen molar-refractivity contribution in [3.05, 3.63) is 0 Å². The normalized spacial score (nSPS) is 31.8. The van der Waals surface area contributed by atoms with Crippen LogP contribution in [0, 0.1) is 0 Å². The van der Waals surface area contributed by atoms with Gasteiger partial charge < -0.3 is 9.47 Å². The molecule has 0 spiro atoms. The van der Waals surface area contributed by atoms with Crippen molar-refractivity contribution in [2.24, 2.45) is 0 Å². The van der Waals surface area contributed by atoms with E-state index in [9.17, 15) is 19.2 Å². The summed E-state index contributed by atoms with van der Waals surface area (Å²) in [6.07, 6.45) is 0. The van der Waals surface area contributed by atoms with Crippen LogP contribution < -0.4 is 0 Å². The SMILES string of the molecule is O=C1CN2CCN3CC(=O)N(CN4CCOCC4)C(=O)[C@H]3C2C(=O)N1CN1CCOCC1. The first kappa shape index (κ1) is 21.9. The first-order chi connectivity index (χ1) is 15.5. The van der Waals surface area contributed by atoms with Crippen molar-refractivity contribution < 1.29 is 28.7 Å². The monoisotopic (exact) mass is 450 g/mol. The van der Waals surface area contributed by atoms with Crippen molar-refractivity contribution in [1.29, 1.82) is 0 Å². The molecular formula is C20H30N6O6. The van der Waals surface area contributed by atoms with Crippen molar-refractivity contribution in [2.45, 2.75) is 12.1 Å². The molecule has 0 saturated carbocycles. The zero-order valence-corrected chi connectivity index (χ0v) is 18.2. The van der Waals surface area contributed by atoms with Gasteiger partial charge in [-0.2, -0.15) is 0 Å². The molecule has 5 rings (SSSR count). The van der Waals surface area contributed by atoms with Crippen LogP contribution in [0.3, 0.4) is 0 Å². The summed E-state index contributed by atoms with van der Waals surface area (Å²) in [5.41, 5.74) is 0. The van der Waals surface area contributed by atoms with Gasteiger partial charge in [0.25, 0.3) is 0 Å². The van der Waals surface area contributed by atoms with Gasteiger partial charge in [0.05, 0.1) is 52.9 Å². The Balaban J connectivity index is 1.34. The molecule has 12 heteroatoms. The van der Waals surface area contributed by atoms with Gasteiger partial charge in [0.2, 0.25) is 23.6 Å². The molecule has 5 saturated heterocycles. The number of nitrogens with zero attached hydrogens (tertiary/aromatic N) is 6. The van der Waals surface area contributed by atoms with Gasteiger partial charge >= 0.3 is 0 Å². The van der Waals surface area contributed by atoms with E-state index in [-0.39, 0.29) is 50.1 Å². The molecule has 176 valence electrons. The third kappa shape index (κ3) is 4.06. The maximum atomic E-state index is 13.5. The molecule has 5 aliphatic heterocycles. The number of hydrogen-bond acceptors (Lipinski definition) is 10. The fourth-order valence-corrected chi connectivity index (χ4v) is 5.14. The molecule has 2 atom stereocenters. The molecule has 0 aliphatic carbocycles. The summed E-state index contributed by atoms with van der Waals surface area (Å²) in [5, 5.41) is 0. The number of carbonyl (C=O) groups excluding carboxylic acids is 4. The Bertz CT molecular complexity index is 719. The Morgan fingerprint density at radius 3 is 1.34 bits per heavy atom. The summed E-state index contributed by atoms with van der Waals surface area (Å²) in [7, 11) is 0. The smallest absolute Gasteiger partial charge is 0.249 e. The molecule has 5 aliphatic rings. The number of imide groups is 2. The lowest BCUT2D eigenvalue weighted by molar-refractivity contribution is -0.177. The van der Waals surface area contributed by atoms with Crippen molar-refractivity contribution in [3.8, 4) is 0 Å². The Morgan fingerprint density at radius 1 is 0.594 bits per heavy atom. The molecule has 5 fully saturated rings. The maximum Gasteiger partial charge on any atom is 0.249 e. The number of amides is 4. The minimum Gasteiger partial charge on any atom is -0.379 e. The molecule has 0 bridgehead atoms. The van der Waals surface area contributed by atoms with Gasteiger partial charge in [-0.1, -0.05) is 0 Å². The highest BCUT2D eigenvalue weighted by atomic mass is 16.5. The zero-order chi connectivity index (χ0) is 22.2. The number of hydrogen-bond donors (Lipinski definition) is 0. The zero-order valence-electron chi connectivity index (χ0n) is 18.2. The Morgan fingerprint density at radius 2 is 0.969 bits per heavy atom. The maximum absolute atomic E-state index is 13.5. The molecular weight excluding hydrogens is 420 g/mol. The fraction of sp³-hybridized carbons (Fsp3) is 0.800. The van der Waals surface area contributed by atoms with Crippen molar-refractivity contribution in [1.82, 2.24) is 29.4 Å². The van der Waals surface area contributed by atoms with E-state index in [1.165, 1.54) is 9.80 Å². The highest BCUT2D eigenvalue weighted by Crippen LogP contribution is 2.28. The number of fused-ring (bicyclic) bond motifs is 3. The van der Waals surface area contributed by atoms with Crippen LogP contribution in [0.5, 0.6) is 0 Å². The van der Waals surface area contributed by atoms with Crippen LogP contribution in [-0.2, 0) is 28.7 Å². The Labute approximate surface area is 186 Å². The van der Waals surface area contributed by atoms with E-state index in [1.54, 1.807) is 0 Å². The molecule has 12 nitrogen and oxygen atoms in total.